The first kappa shape index (κ1) is 44.7. The predicted molar refractivity (Wildman–Crippen MR) is 224 cm³/mol. The van der Waals surface area contributed by atoms with Crippen molar-refractivity contribution in [1.82, 2.24) is 24.7 Å². The minimum absolute atomic E-state index is 0.0207. The molecule has 3 amide bonds. The van der Waals surface area contributed by atoms with E-state index in [0.29, 0.717) is 54.3 Å². The minimum atomic E-state index is -0.0566. The summed E-state index contributed by atoms with van der Waals surface area (Å²) < 4.78 is 15.1. The highest BCUT2D eigenvalue weighted by Crippen LogP contribution is 2.38. The normalized spacial score (nSPS) is 13.6. The van der Waals surface area contributed by atoms with E-state index in [1.54, 1.807) is 23.8 Å². The summed E-state index contributed by atoms with van der Waals surface area (Å²) in [5, 5.41) is 11.5. The number of hydrogen-bond acceptors (Lipinski definition) is 9. The highest BCUT2D eigenvalue weighted by molar-refractivity contribution is 6.03. The highest BCUT2D eigenvalue weighted by Gasteiger charge is 2.32. The van der Waals surface area contributed by atoms with Gasteiger partial charge in [-0.1, -0.05) is 26.0 Å². The molecule has 2 aromatic heterocycles. The largest absolute Gasteiger partial charge is 0.493 e. The number of anilines is 2. The maximum atomic E-state index is 12.9. The molecule has 0 radical (unpaired) electrons. The van der Waals surface area contributed by atoms with Gasteiger partial charge in [0.1, 0.15) is 0 Å². The van der Waals surface area contributed by atoms with Gasteiger partial charge in [0.25, 0.3) is 5.91 Å². The molecule has 0 saturated carbocycles. The molecule has 4 N–H and O–H groups in total. The number of aldehydes is 1. The molecule has 14 heteroatoms. The third-order valence-corrected chi connectivity index (χ3v) is 9.03. The van der Waals surface area contributed by atoms with Crippen LogP contribution in [0.3, 0.4) is 0 Å². The molecular formula is C42H58N8O6. The van der Waals surface area contributed by atoms with Crippen LogP contribution in [0.5, 0.6) is 11.5 Å². The minimum Gasteiger partial charge on any atom is -0.493 e. The number of hydrogen-bond donors (Lipinski definition) is 4. The van der Waals surface area contributed by atoms with Crippen LogP contribution in [0.2, 0.25) is 0 Å². The molecule has 2 aromatic carbocycles. The molecule has 56 heavy (non-hydrogen) atoms. The van der Waals surface area contributed by atoms with Gasteiger partial charge in [0, 0.05) is 81.8 Å². The number of benzene rings is 2. The number of amides is 3. The van der Waals surface area contributed by atoms with Crippen molar-refractivity contribution >= 4 is 47.8 Å². The van der Waals surface area contributed by atoms with E-state index < -0.39 is 0 Å². The molecule has 1 fully saturated rings. The van der Waals surface area contributed by atoms with Crippen molar-refractivity contribution in [2.75, 3.05) is 58.1 Å². The molecule has 4 heterocycles. The number of rotatable bonds is 14. The Bertz CT molecular complexity index is 1880. The topological polar surface area (TPSA) is 160 Å². The molecule has 6 rings (SSSR count). The summed E-state index contributed by atoms with van der Waals surface area (Å²) in [6, 6.07) is 14.7. The van der Waals surface area contributed by atoms with Crippen molar-refractivity contribution in [2.24, 2.45) is 19.1 Å². The van der Waals surface area contributed by atoms with E-state index in [-0.39, 0.29) is 17.9 Å². The van der Waals surface area contributed by atoms with E-state index in [2.05, 4.69) is 26.3 Å². The van der Waals surface area contributed by atoms with Gasteiger partial charge in [-0.05, 0) is 76.2 Å². The quantitative estimate of drug-likeness (QED) is 0.0900. The summed E-state index contributed by atoms with van der Waals surface area (Å²) in [5.74, 6) is 0.933. The molecule has 0 bridgehead atoms. The smallest absolute Gasteiger partial charge is 0.256 e. The molecule has 302 valence electrons. The van der Waals surface area contributed by atoms with E-state index in [0.717, 1.165) is 67.0 Å². The Morgan fingerprint density at radius 1 is 0.929 bits per heavy atom. The number of fused-ring (bicyclic) bond motifs is 2. The second-order valence-corrected chi connectivity index (χ2v) is 12.9. The van der Waals surface area contributed by atoms with Gasteiger partial charge in [-0.3, -0.25) is 24.2 Å². The number of carbonyl (C=O) groups excluding carboxylic acids is 4. The van der Waals surface area contributed by atoms with Crippen molar-refractivity contribution in [1.29, 1.82) is 0 Å². The molecule has 2 aliphatic rings. The number of nitrogens with one attached hydrogen (secondary N) is 4. The lowest BCUT2D eigenvalue weighted by Crippen LogP contribution is -2.35. The Kier molecular flexibility index (Phi) is 18.5. The average molecular weight is 771 g/mol. The average Bonchev–Trinajstić information content (AvgIpc) is 3.91. The summed E-state index contributed by atoms with van der Waals surface area (Å²) in [6.45, 7) is 9.19. The second kappa shape index (κ2) is 23.2. The number of aryl methyl sites for hydroxylation is 3. The Morgan fingerprint density at radius 3 is 2.23 bits per heavy atom. The maximum absolute atomic E-state index is 12.9. The van der Waals surface area contributed by atoms with Gasteiger partial charge >= 0.3 is 0 Å². The number of likely N-dealkylation sites (N-methyl/N-ethyl adjacent to an activating group) is 2. The number of ether oxygens (including phenoxy) is 2. The standard InChI is InChI=1S/C23H28N4O4.C13H12N2O2.C4H12N2.C2H6/c1-15-10-16(14-26(15)2)25-22(28)7-5-9-31-21-12-19-18(11-20(21)30-3)23(29)27-8-4-6-17(27)13-24-19;1-15-7-11(6-13(15)8-16)10-2-4-12(5-3-10)14-9-17;1-5-3-4-6-2;1-2/h10-14,17H,4-9H2,1-3H3,(H,25,28);2-9H,1H3,(H,14,17);5-6H,3-4H2,1-2H3;1-2H3. The summed E-state index contributed by atoms with van der Waals surface area (Å²) in [4.78, 5) is 52.5. The van der Waals surface area contributed by atoms with Gasteiger partial charge in [0.15, 0.2) is 17.8 Å². The fourth-order valence-electron chi connectivity index (χ4n) is 5.94. The van der Waals surface area contributed by atoms with E-state index in [1.165, 1.54) is 0 Å². The Hall–Kier alpha value is -5.73. The van der Waals surface area contributed by atoms with Crippen LogP contribution in [-0.2, 0) is 23.7 Å². The van der Waals surface area contributed by atoms with Crippen LogP contribution in [0, 0.1) is 6.92 Å². The predicted octanol–water partition coefficient (Wildman–Crippen LogP) is 5.98. The first-order valence-corrected chi connectivity index (χ1v) is 19.0. The number of methoxy groups -OCH3 is 1. The summed E-state index contributed by atoms with van der Waals surface area (Å²) in [5.41, 5.74) is 6.36. The summed E-state index contributed by atoms with van der Waals surface area (Å²) in [7, 11) is 9.20. The van der Waals surface area contributed by atoms with E-state index in [1.807, 2.05) is 113 Å². The van der Waals surface area contributed by atoms with E-state index in [4.69, 9.17) is 9.47 Å². The fraction of sp³-hybridized carbons (Fsp3) is 0.405. The Morgan fingerprint density at radius 2 is 1.64 bits per heavy atom. The molecule has 1 saturated heterocycles. The summed E-state index contributed by atoms with van der Waals surface area (Å²) >= 11 is 0. The summed E-state index contributed by atoms with van der Waals surface area (Å²) in [6.07, 6.45) is 9.92. The van der Waals surface area contributed by atoms with Crippen LogP contribution in [0.1, 0.15) is 66.1 Å². The molecule has 2 aliphatic heterocycles. The molecule has 0 aliphatic carbocycles. The molecular weight excluding hydrogens is 713 g/mol. The number of nitrogens with zero attached hydrogens (tertiary/aromatic N) is 4. The molecule has 1 unspecified atom stereocenters. The zero-order valence-corrected chi connectivity index (χ0v) is 34.0. The van der Waals surface area contributed by atoms with Crippen LogP contribution in [-0.4, -0.2) is 98.2 Å². The van der Waals surface area contributed by atoms with Gasteiger partial charge in [0.2, 0.25) is 12.3 Å². The fourth-order valence-corrected chi connectivity index (χ4v) is 5.94. The lowest BCUT2D eigenvalue weighted by atomic mass is 10.1. The van der Waals surface area contributed by atoms with Crippen LogP contribution < -0.4 is 30.7 Å². The molecule has 14 nitrogen and oxygen atoms in total. The lowest BCUT2D eigenvalue weighted by molar-refractivity contribution is -0.116. The van der Waals surface area contributed by atoms with Gasteiger partial charge in [0.05, 0.1) is 42.4 Å². The van der Waals surface area contributed by atoms with E-state index in [9.17, 15) is 19.2 Å². The molecule has 4 aromatic rings. The van der Waals surface area contributed by atoms with Gasteiger partial charge in [-0.15, -0.1) is 0 Å². The first-order valence-electron chi connectivity index (χ1n) is 19.0. The first-order chi connectivity index (χ1) is 27.1. The van der Waals surface area contributed by atoms with Gasteiger partial charge in [-0.2, -0.15) is 0 Å². The van der Waals surface area contributed by atoms with Crippen molar-refractivity contribution < 1.29 is 28.7 Å². The lowest BCUT2D eigenvalue weighted by Gasteiger charge is -2.20. The SMILES string of the molecule is CC.CNCCNC.COc1cc2c(cc1OCCCC(=O)Nc1cc(C)n(C)c1)N=CC1CCCN1C2=O.Cn1cc(-c2ccc(NC=O)cc2)cc1C=O. The number of carbonyl (C=O) groups is 4. The van der Waals surface area contributed by atoms with Crippen molar-refractivity contribution in [2.45, 2.75) is 52.5 Å². The van der Waals surface area contributed by atoms with Gasteiger partial charge in [-0.25, -0.2) is 0 Å². The third kappa shape index (κ3) is 12.7. The zero-order valence-electron chi connectivity index (χ0n) is 34.0. The van der Waals surface area contributed by atoms with E-state index >= 15 is 0 Å². The van der Waals surface area contributed by atoms with Crippen LogP contribution in [0.4, 0.5) is 17.1 Å². The monoisotopic (exact) mass is 770 g/mol. The molecule has 1 atom stereocenters. The number of aliphatic imine (C=N–C) groups is 1. The second-order valence-electron chi connectivity index (χ2n) is 12.9. The third-order valence-electron chi connectivity index (χ3n) is 9.03. The Balaban J connectivity index is 0.000000281. The van der Waals surface area contributed by atoms with Crippen LogP contribution >= 0.6 is 0 Å². The Labute approximate surface area is 330 Å². The van der Waals surface area contributed by atoms with Gasteiger partial charge < -0.3 is 44.8 Å². The zero-order chi connectivity index (χ0) is 41.0. The maximum Gasteiger partial charge on any atom is 0.256 e. The number of aromatic nitrogens is 2. The van der Waals surface area contributed by atoms with Crippen LogP contribution in [0.25, 0.3) is 11.1 Å². The van der Waals surface area contributed by atoms with Crippen molar-refractivity contribution in [3.05, 3.63) is 77.9 Å². The highest BCUT2D eigenvalue weighted by atomic mass is 16.5. The van der Waals surface area contributed by atoms with Crippen LogP contribution in [0.15, 0.2) is 65.9 Å². The van der Waals surface area contributed by atoms with Crippen molar-refractivity contribution in [3.8, 4) is 22.6 Å². The van der Waals surface area contributed by atoms with Crippen molar-refractivity contribution in [3.63, 3.8) is 0 Å². The molecule has 0 spiro atoms.